The van der Waals surface area contributed by atoms with Gasteiger partial charge < -0.3 is 0 Å². The van der Waals surface area contributed by atoms with Gasteiger partial charge in [0.25, 0.3) is 0 Å². The molecule has 0 N–H and O–H groups in total. The first kappa shape index (κ1) is 7.38. The lowest BCUT2D eigenvalue weighted by Gasteiger charge is -2.16. The molecule has 0 heterocycles. The lowest BCUT2D eigenvalue weighted by atomic mass is 9.89. The molecule has 0 spiro atoms. The lowest BCUT2D eigenvalue weighted by molar-refractivity contribution is -0.120. The van der Waals surface area contributed by atoms with E-state index in [1.165, 1.54) is 0 Å². The first-order chi connectivity index (χ1) is 4.83. The summed E-state index contributed by atoms with van der Waals surface area (Å²) in [7, 11) is 0. The van der Waals surface area contributed by atoms with Crippen LogP contribution in [0.25, 0.3) is 0 Å². The summed E-state index contributed by atoms with van der Waals surface area (Å²) in [5, 5.41) is 2.82. The maximum Gasteiger partial charge on any atom is 0.132 e. The van der Waals surface area contributed by atoms with Crippen molar-refractivity contribution in [1.29, 1.82) is 0 Å². The standard InChI is InChI=1S/C7H11NO2/c9-7-3-1-6(2-4-7)5-8-10/h6H,1-5H2. The molecular formula is C7H11NO2. The second-order valence-electron chi connectivity index (χ2n) is 2.79. The summed E-state index contributed by atoms with van der Waals surface area (Å²) in [6.07, 6.45) is 3.04. The molecule has 0 atom stereocenters. The third kappa shape index (κ3) is 1.90. The van der Waals surface area contributed by atoms with Gasteiger partial charge in [0.1, 0.15) is 5.78 Å². The van der Waals surface area contributed by atoms with E-state index in [2.05, 4.69) is 5.18 Å². The van der Waals surface area contributed by atoms with Crippen LogP contribution >= 0.6 is 0 Å². The van der Waals surface area contributed by atoms with E-state index in [-0.39, 0.29) is 0 Å². The van der Waals surface area contributed by atoms with Crippen molar-refractivity contribution in [1.82, 2.24) is 0 Å². The number of hydrogen-bond donors (Lipinski definition) is 0. The van der Waals surface area contributed by atoms with Crippen molar-refractivity contribution in [3.05, 3.63) is 4.91 Å². The summed E-state index contributed by atoms with van der Waals surface area (Å²) < 4.78 is 0. The smallest absolute Gasteiger partial charge is 0.132 e. The van der Waals surface area contributed by atoms with Gasteiger partial charge in [-0.15, -0.1) is 0 Å². The van der Waals surface area contributed by atoms with E-state index in [0.717, 1.165) is 12.8 Å². The number of carbonyl (C=O) groups excluding carboxylic acids is 1. The molecule has 0 aliphatic heterocycles. The van der Waals surface area contributed by atoms with Crippen molar-refractivity contribution in [3.63, 3.8) is 0 Å². The summed E-state index contributed by atoms with van der Waals surface area (Å²) in [6.45, 7) is 0.396. The fourth-order valence-corrected chi connectivity index (χ4v) is 1.29. The van der Waals surface area contributed by atoms with Crippen LogP contribution < -0.4 is 0 Å². The second kappa shape index (κ2) is 3.44. The van der Waals surface area contributed by atoms with Crippen molar-refractivity contribution >= 4 is 5.78 Å². The molecule has 0 bridgehead atoms. The Kier molecular flexibility index (Phi) is 2.54. The van der Waals surface area contributed by atoms with E-state index < -0.39 is 0 Å². The maximum atomic E-state index is 10.7. The molecule has 1 aliphatic carbocycles. The van der Waals surface area contributed by atoms with Gasteiger partial charge in [-0.1, -0.05) is 5.18 Å². The number of carbonyl (C=O) groups is 1. The molecule has 1 saturated carbocycles. The quantitative estimate of drug-likeness (QED) is 0.547. The number of Topliss-reactive ketones (excluding diaryl/α,β-unsaturated/α-hetero) is 1. The average molecular weight is 141 g/mol. The largest absolute Gasteiger partial charge is 0.300 e. The molecule has 0 aromatic heterocycles. The Balaban J connectivity index is 2.25. The molecule has 0 saturated heterocycles. The van der Waals surface area contributed by atoms with Crippen molar-refractivity contribution in [2.24, 2.45) is 11.1 Å². The Bertz CT molecular complexity index is 135. The Hall–Kier alpha value is -0.730. The fraction of sp³-hybridized carbons (Fsp3) is 0.857. The van der Waals surface area contributed by atoms with Gasteiger partial charge >= 0.3 is 0 Å². The molecular weight excluding hydrogens is 130 g/mol. The van der Waals surface area contributed by atoms with Crippen LogP contribution in [0.3, 0.4) is 0 Å². The van der Waals surface area contributed by atoms with Crippen LogP contribution in [0.1, 0.15) is 25.7 Å². The molecule has 3 nitrogen and oxygen atoms in total. The molecule has 0 aromatic rings. The third-order valence-corrected chi connectivity index (χ3v) is 2.00. The number of hydrogen-bond acceptors (Lipinski definition) is 3. The minimum atomic E-state index is 0.335. The van der Waals surface area contributed by atoms with Gasteiger partial charge in [0, 0.05) is 12.8 Å². The second-order valence-corrected chi connectivity index (χ2v) is 2.79. The highest BCUT2D eigenvalue weighted by molar-refractivity contribution is 5.79. The molecule has 10 heavy (non-hydrogen) atoms. The molecule has 3 heteroatoms. The van der Waals surface area contributed by atoms with E-state index in [1.54, 1.807) is 0 Å². The molecule has 0 amide bonds. The van der Waals surface area contributed by atoms with Crippen LogP contribution in [-0.2, 0) is 4.79 Å². The maximum absolute atomic E-state index is 10.7. The molecule has 1 aliphatic rings. The molecule has 1 fully saturated rings. The fourth-order valence-electron chi connectivity index (χ4n) is 1.29. The topological polar surface area (TPSA) is 46.5 Å². The van der Waals surface area contributed by atoms with Crippen LogP contribution in [0.4, 0.5) is 0 Å². The van der Waals surface area contributed by atoms with Gasteiger partial charge in [-0.2, -0.15) is 4.91 Å². The first-order valence-electron chi connectivity index (χ1n) is 3.63. The molecule has 56 valence electrons. The van der Waals surface area contributed by atoms with Crippen molar-refractivity contribution < 1.29 is 4.79 Å². The minimum absolute atomic E-state index is 0.335. The number of nitrogens with zero attached hydrogens (tertiary/aromatic N) is 1. The highest BCUT2D eigenvalue weighted by Crippen LogP contribution is 2.21. The monoisotopic (exact) mass is 141 g/mol. The Labute approximate surface area is 59.8 Å². The Morgan fingerprint density at radius 2 is 2.00 bits per heavy atom. The zero-order valence-electron chi connectivity index (χ0n) is 5.88. The predicted octanol–water partition coefficient (Wildman–Crippen LogP) is 1.51. The minimum Gasteiger partial charge on any atom is -0.300 e. The van der Waals surface area contributed by atoms with E-state index in [4.69, 9.17) is 0 Å². The van der Waals surface area contributed by atoms with Gasteiger partial charge in [-0.05, 0) is 18.8 Å². The van der Waals surface area contributed by atoms with Crippen LogP contribution in [-0.4, -0.2) is 12.3 Å². The van der Waals surface area contributed by atoms with Gasteiger partial charge in [0.15, 0.2) is 0 Å². The third-order valence-electron chi connectivity index (χ3n) is 2.00. The lowest BCUT2D eigenvalue weighted by Crippen LogP contribution is -2.15. The molecule has 0 unspecified atom stereocenters. The summed E-state index contributed by atoms with van der Waals surface area (Å²) in [4.78, 5) is 20.5. The van der Waals surface area contributed by atoms with E-state index >= 15 is 0 Å². The molecule has 0 radical (unpaired) electrons. The van der Waals surface area contributed by atoms with Crippen molar-refractivity contribution in [2.75, 3.05) is 6.54 Å². The summed E-state index contributed by atoms with van der Waals surface area (Å²) in [5.41, 5.74) is 0. The van der Waals surface area contributed by atoms with Crippen LogP contribution in [0.15, 0.2) is 5.18 Å². The zero-order chi connectivity index (χ0) is 7.40. The highest BCUT2D eigenvalue weighted by atomic mass is 16.3. The van der Waals surface area contributed by atoms with E-state index in [0.29, 0.717) is 31.1 Å². The Morgan fingerprint density at radius 3 is 2.50 bits per heavy atom. The van der Waals surface area contributed by atoms with Gasteiger partial charge in [0.2, 0.25) is 0 Å². The van der Waals surface area contributed by atoms with Crippen molar-refractivity contribution in [3.8, 4) is 0 Å². The zero-order valence-corrected chi connectivity index (χ0v) is 5.88. The van der Waals surface area contributed by atoms with Gasteiger partial charge in [-0.3, -0.25) is 4.79 Å². The summed E-state index contributed by atoms with van der Waals surface area (Å²) in [5.74, 6) is 0.720. The van der Waals surface area contributed by atoms with Crippen LogP contribution in [0.5, 0.6) is 0 Å². The normalized spacial score (nSPS) is 21.0. The molecule has 1 rings (SSSR count). The highest BCUT2D eigenvalue weighted by Gasteiger charge is 2.18. The van der Waals surface area contributed by atoms with Gasteiger partial charge in [-0.25, -0.2) is 0 Å². The number of rotatable bonds is 2. The number of ketones is 1. The first-order valence-corrected chi connectivity index (χ1v) is 3.63. The van der Waals surface area contributed by atoms with Gasteiger partial charge in [0.05, 0.1) is 6.54 Å². The average Bonchev–Trinajstić information content (AvgIpc) is 1.95. The van der Waals surface area contributed by atoms with E-state index in [1.807, 2.05) is 0 Å². The van der Waals surface area contributed by atoms with Crippen LogP contribution in [0.2, 0.25) is 0 Å². The molecule has 0 aromatic carbocycles. The van der Waals surface area contributed by atoms with Crippen molar-refractivity contribution in [2.45, 2.75) is 25.7 Å². The number of nitroso groups, excluding NO2 is 1. The SMILES string of the molecule is O=NCC1CCC(=O)CC1. The summed E-state index contributed by atoms with van der Waals surface area (Å²) in [6, 6.07) is 0. The Morgan fingerprint density at radius 1 is 1.40 bits per heavy atom. The summed E-state index contributed by atoms with van der Waals surface area (Å²) >= 11 is 0. The predicted molar refractivity (Wildman–Crippen MR) is 37.6 cm³/mol. The van der Waals surface area contributed by atoms with E-state index in [9.17, 15) is 9.70 Å². The van der Waals surface area contributed by atoms with Crippen LogP contribution in [0, 0.1) is 10.8 Å².